The van der Waals surface area contributed by atoms with Crippen LogP contribution >= 0.6 is 0 Å². The number of aliphatic hydroxyl groups is 1. The topological polar surface area (TPSA) is 148 Å². The standard InChI is InChI=1S/C11H12N4O5/c12-11(18)9(16)4-13-7-3-6-5(2-10(17)14-6)1-8(7)15(19)20/h1,3,9,13,16H,2,4H2,(H2,12,18)(H,14,17). The van der Waals surface area contributed by atoms with E-state index in [1.54, 1.807) is 0 Å². The summed E-state index contributed by atoms with van der Waals surface area (Å²) >= 11 is 0. The molecule has 1 aliphatic heterocycles. The van der Waals surface area contributed by atoms with Crippen molar-refractivity contribution in [2.45, 2.75) is 12.5 Å². The number of anilines is 2. The van der Waals surface area contributed by atoms with Crippen molar-refractivity contribution < 1.29 is 19.6 Å². The molecule has 9 heteroatoms. The summed E-state index contributed by atoms with van der Waals surface area (Å²) in [6.07, 6.45) is -1.38. The van der Waals surface area contributed by atoms with Crippen molar-refractivity contribution in [2.75, 3.05) is 17.2 Å². The third-order valence-corrected chi connectivity index (χ3v) is 2.86. The molecule has 2 rings (SSSR count). The highest BCUT2D eigenvalue weighted by atomic mass is 16.6. The summed E-state index contributed by atoms with van der Waals surface area (Å²) < 4.78 is 0. The van der Waals surface area contributed by atoms with E-state index in [4.69, 9.17) is 5.73 Å². The quantitative estimate of drug-likeness (QED) is 0.416. The summed E-state index contributed by atoms with van der Waals surface area (Å²) in [5, 5.41) is 25.4. The SMILES string of the molecule is NC(=O)C(O)CNc1cc2c(cc1[N+](=O)[O-])CC(=O)N2. The molecule has 0 fully saturated rings. The zero-order valence-corrected chi connectivity index (χ0v) is 10.3. The molecule has 0 saturated heterocycles. The van der Waals surface area contributed by atoms with Gasteiger partial charge < -0.3 is 21.5 Å². The van der Waals surface area contributed by atoms with Crippen molar-refractivity contribution in [1.29, 1.82) is 0 Å². The molecule has 1 atom stereocenters. The van der Waals surface area contributed by atoms with Crippen LogP contribution in [0.4, 0.5) is 17.1 Å². The molecular formula is C11H12N4O5. The molecule has 9 nitrogen and oxygen atoms in total. The lowest BCUT2D eigenvalue weighted by Gasteiger charge is -2.11. The molecule has 20 heavy (non-hydrogen) atoms. The first-order valence-corrected chi connectivity index (χ1v) is 5.71. The Bertz CT molecular complexity index is 601. The molecule has 1 unspecified atom stereocenters. The number of nitro groups is 1. The van der Waals surface area contributed by atoms with E-state index in [0.717, 1.165) is 0 Å². The molecule has 1 aromatic carbocycles. The van der Waals surface area contributed by atoms with Gasteiger partial charge in [-0.15, -0.1) is 0 Å². The van der Waals surface area contributed by atoms with Gasteiger partial charge in [-0.25, -0.2) is 0 Å². The fourth-order valence-corrected chi connectivity index (χ4v) is 1.86. The van der Waals surface area contributed by atoms with Crippen LogP contribution in [0.25, 0.3) is 0 Å². The number of amides is 2. The number of nitrogens with two attached hydrogens (primary N) is 1. The maximum absolute atomic E-state index is 11.2. The van der Waals surface area contributed by atoms with Crippen molar-refractivity contribution in [3.63, 3.8) is 0 Å². The number of hydrogen-bond donors (Lipinski definition) is 4. The van der Waals surface area contributed by atoms with Gasteiger partial charge in [0.15, 0.2) is 0 Å². The van der Waals surface area contributed by atoms with Gasteiger partial charge >= 0.3 is 0 Å². The van der Waals surface area contributed by atoms with E-state index in [2.05, 4.69) is 10.6 Å². The Hall–Kier alpha value is -2.68. The van der Waals surface area contributed by atoms with Gasteiger partial charge in [0.05, 0.1) is 17.9 Å². The number of fused-ring (bicyclic) bond motifs is 1. The van der Waals surface area contributed by atoms with Gasteiger partial charge in [-0.1, -0.05) is 0 Å². The summed E-state index contributed by atoms with van der Waals surface area (Å²) in [4.78, 5) is 32.3. The van der Waals surface area contributed by atoms with E-state index in [0.29, 0.717) is 11.3 Å². The lowest BCUT2D eigenvalue weighted by atomic mass is 10.1. The van der Waals surface area contributed by atoms with Crippen LogP contribution in [-0.4, -0.2) is 34.5 Å². The predicted octanol–water partition coefficient (Wildman–Crippen LogP) is -0.653. The second kappa shape index (κ2) is 5.13. The maximum Gasteiger partial charge on any atom is 0.292 e. The van der Waals surface area contributed by atoms with Gasteiger partial charge in [0.2, 0.25) is 11.8 Å². The number of aliphatic hydroxyl groups excluding tert-OH is 1. The highest BCUT2D eigenvalue weighted by Crippen LogP contribution is 2.34. The zero-order valence-electron chi connectivity index (χ0n) is 10.3. The van der Waals surface area contributed by atoms with Crippen molar-refractivity contribution in [3.05, 3.63) is 27.8 Å². The Balaban J connectivity index is 2.27. The number of hydrogen-bond acceptors (Lipinski definition) is 6. The first kappa shape index (κ1) is 13.7. The molecular weight excluding hydrogens is 268 g/mol. The van der Waals surface area contributed by atoms with Crippen LogP contribution in [0.5, 0.6) is 0 Å². The fourth-order valence-electron chi connectivity index (χ4n) is 1.86. The molecule has 0 saturated carbocycles. The van der Waals surface area contributed by atoms with Gasteiger partial charge in [0.1, 0.15) is 11.8 Å². The molecule has 106 valence electrons. The molecule has 0 bridgehead atoms. The third-order valence-electron chi connectivity index (χ3n) is 2.86. The number of nitrogens with one attached hydrogen (secondary N) is 2. The van der Waals surface area contributed by atoms with Crippen LogP contribution in [0, 0.1) is 10.1 Å². The summed E-state index contributed by atoms with van der Waals surface area (Å²) in [5.74, 6) is -1.18. The smallest absolute Gasteiger partial charge is 0.292 e. The van der Waals surface area contributed by atoms with E-state index < -0.39 is 16.9 Å². The minimum atomic E-state index is -1.46. The van der Waals surface area contributed by atoms with Crippen molar-refractivity contribution >= 4 is 28.9 Å². The van der Waals surface area contributed by atoms with Crippen molar-refractivity contribution in [3.8, 4) is 0 Å². The molecule has 0 spiro atoms. The second-order valence-corrected chi connectivity index (χ2v) is 4.31. The number of carbonyl (C=O) groups is 2. The Labute approximate surface area is 112 Å². The molecule has 1 aliphatic rings. The fraction of sp³-hybridized carbons (Fsp3) is 0.273. The number of primary amides is 1. The molecule has 1 heterocycles. The number of carbonyl (C=O) groups excluding carboxylic acids is 2. The molecule has 0 aliphatic carbocycles. The van der Waals surface area contributed by atoms with Crippen LogP contribution in [0.2, 0.25) is 0 Å². The third kappa shape index (κ3) is 2.67. The van der Waals surface area contributed by atoms with Crippen molar-refractivity contribution in [2.24, 2.45) is 5.73 Å². The van der Waals surface area contributed by atoms with Crippen LogP contribution in [0.3, 0.4) is 0 Å². The average Bonchev–Trinajstić information content (AvgIpc) is 2.73. The maximum atomic E-state index is 11.2. The summed E-state index contributed by atoms with van der Waals surface area (Å²) in [5.41, 5.74) is 5.74. The van der Waals surface area contributed by atoms with Gasteiger partial charge in [0.25, 0.3) is 5.69 Å². The highest BCUT2D eigenvalue weighted by Gasteiger charge is 2.25. The number of nitro benzene ring substituents is 1. The lowest BCUT2D eigenvalue weighted by molar-refractivity contribution is -0.384. The highest BCUT2D eigenvalue weighted by molar-refractivity contribution is 6.00. The molecule has 5 N–H and O–H groups in total. The summed E-state index contributed by atoms with van der Waals surface area (Å²) in [6, 6.07) is 2.68. The zero-order chi connectivity index (χ0) is 14.9. The van der Waals surface area contributed by atoms with Crippen LogP contribution < -0.4 is 16.4 Å². The first-order valence-electron chi connectivity index (χ1n) is 5.71. The van der Waals surface area contributed by atoms with Crippen LogP contribution in [0.15, 0.2) is 12.1 Å². The van der Waals surface area contributed by atoms with E-state index >= 15 is 0 Å². The van der Waals surface area contributed by atoms with Gasteiger partial charge in [-0.05, 0) is 11.6 Å². The second-order valence-electron chi connectivity index (χ2n) is 4.31. The average molecular weight is 280 g/mol. The minimum Gasteiger partial charge on any atom is -0.381 e. The Morgan fingerprint density at radius 1 is 1.60 bits per heavy atom. The van der Waals surface area contributed by atoms with Gasteiger partial charge in [-0.3, -0.25) is 19.7 Å². The monoisotopic (exact) mass is 280 g/mol. The summed E-state index contributed by atoms with van der Waals surface area (Å²) in [7, 11) is 0. The Kier molecular flexibility index (Phi) is 3.53. The Morgan fingerprint density at radius 3 is 2.90 bits per heavy atom. The summed E-state index contributed by atoms with van der Waals surface area (Å²) in [6.45, 7) is -0.261. The van der Waals surface area contributed by atoms with Crippen LogP contribution in [-0.2, 0) is 16.0 Å². The molecule has 0 radical (unpaired) electrons. The van der Waals surface area contributed by atoms with Gasteiger partial charge in [0, 0.05) is 11.8 Å². The van der Waals surface area contributed by atoms with Crippen molar-refractivity contribution in [1.82, 2.24) is 0 Å². The van der Waals surface area contributed by atoms with Crippen LogP contribution in [0.1, 0.15) is 5.56 Å². The number of nitrogens with zero attached hydrogens (tertiary/aromatic N) is 1. The normalized spacial score (nSPS) is 14.3. The number of benzene rings is 1. The van der Waals surface area contributed by atoms with E-state index in [9.17, 15) is 24.8 Å². The molecule has 0 aromatic heterocycles. The van der Waals surface area contributed by atoms with E-state index in [-0.39, 0.29) is 30.2 Å². The molecule has 2 amide bonds. The lowest BCUT2D eigenvalue weighted by Crippen LogP contribution is -2.34. The van der Waals surface area contributed by atoms with E-state index in [1.165, 1.54) is 12.1 Å². The minimum absolute atomic E-state index is 0.0837. The van der Waals surface area contributed by atoms with E-state index in [1.807, 2.05) is 0 Å². The predicted molar refractivity (Wildman–Crippen MR) is 69.1 cm³/mol. The largest absolute Gasteiger partial charge is 0.381 e. The number of rotatable bonds is 5. The molecule has 1 aromatic rings. The van der Waals surface area contributed by atoms with Gasteiger partial charge in [-0.2, -0.15) is 0 Å². The first-order chi connectivity index (χ1) is 9.38. The Morgan fingerprint density at radius 2 is 2.30 bits per heavy atom.